The van der Waals surface area contributed by atoms with E-state index in [2.05, 4.69) is 35.6 Å². The van der Waals surface area contributed by atoms with E-state index in [1.807, 2.05) is 18.2 Å². The zero-order valence-corrected chi connectivity index (χ0v) is 16.5. The van der Waals surface area contributed by atoms with Crippen LogP contribution >= 0.6 is 0 Å². The average Bonchev–Trinajstić information content (AvgIpc) is 2.67. The Bertz CT molecular complexity index is 757. The maximum atomic E-state index is 12.6. The maximum Gasteiger partial charge on any atom is 0.240 e. The van der Waals surface area contributed by atoms with E-state index < -0.39 is 10.0 Å². The number of ether oxygens (including phenoxy) is 1. The fourth-order valence-electron chi connectivity index (χ4n) is 3.00. The first-order valence-electron chi connectivity index (χ1n) is 8.91. The number of methoxy groups -OCH3 is 1. The van der Waals surface area contributed by atoms with Crippen LogP contribution in [0.3, 0.4) is 0 Å². The molecule has 26 heavy (non-hydrogen) atoms. The van der Waals surface area contributed by atoms with Gasteiger partial charge in [-0.1, -0.05) is 44.2 Å². The van der Waals surface area contributed by atoms with Gasteiger partial charge in [0.2, 0.25) is 10.0 Å². The van der Waals surface area contributed by atoms with Crippen LogP contribution in [0.25, 0.3) is 0 Å². The number of rotatable bonds is 10. The van der Waals surface area contributed by atoms with Crippen LogP contribution in [0.4, 0.5) is 0 Å². The molecule has 1 N–H and O–H groups in total. The molecule has 0 bridgehead atoms. The Labute approximate surface area is 157 Å². The Kier molecular flexibility index (Phi) is 7.63. The highest BCUT2D eigenvalue weighted by molar-refractivity contribution is 7.89. The van der Waals surface area contributed by atoms with E-state index in [9.17, 15) is 8.42 Å². The van der Waals surface area contributed by atoms with E-state index in [1.54, 1.807) is 31.4 Å². The van der Waals surface area contributed by atoms with Crippen molar-refractivity contribution in [3.63, 3.8) is 0 Å². The van der Waals surface area contributed by atoms with Gasteiger partial charge in [-0.3, -0.25) is 4.90 Å². The van der Waals surface area contributed by atoms with Crippen molar-refractivity contribution in [2.24, 2.45) is 0 Å². The number of benzene rings is 2. The molecule has 0 aliphatic heterocycles. The van der Waals surface area contributed by atoms with E-state index in [1.165, 1.54) is 5.56 Å². The summed E-state index contributed by atoms with van der Waals surface area (Å²) in [5, 5.41) is 0. The molecule has 0 spiro atoms. The maximum absolute atomic E-state index is 12.6. The Morgan fingerprint density at radius 3 is 2.15 bits per heavy atom. The van der Waals surface area contributed by atoms with Crippen LogP contribution in [-0.2, 0) is 16.4 Å². The lowest BCUT2D eigenvalue weighted by Gasteiger charge is -2.30. The molecule has 5 nitrogen and oxygen atoms in total. The Hall–Kier alpha value is -1.89. The molecule has 0 aliphatic carbocycles. The van der Waals surface area contributed by atoms with Crippen LogP contribution in [0.1, 0.15) is 19.4 Å². The summed E-state index contributed by atoms with van der Waals surface area (Å²) in [6, 6.07) is 16.7. The van der Waals surface area contributed by atoms with Gasteiger partial charge >= 0.3 is 0 Å². The van der Waals surface area contributed by atoms with E-state index >= 15 is 0 Å². The topological polar surface area (TPSA) is 58.6 Å². The molecule has 0 heterocycles. The van der Waals surface area contributed by atoms with Crippen molar-refractivity contribution in [3.8, 4) is 5.75 Å². The number of nitrogens with one attached hydrogen (secondary N) is 1. The van der Waals surface area contributed by atoms with Gasteiger partial charge in [0.25, 0.3) is 0 Å². The van der Waals surface area contributed by atoms with Crippen molar-refractivity contribution in [2.45, 2.75) is 31.2 Å². The molecule has 0 saturated carbocycles. The summed E-state index contributed by atoms with van der Waals surface area (Å²) in [5.41, 5.74) is 1.20. The highest BCUT2D eigenvalue weighted by Gasteiger charge is 2.21. The molecule has 0 fully saturated rings. The lowest BCUT2D eigenvalue weighted by molar-refractivity contribution is 0.216. The molecule has 2 aromatic rings. The summed E-state index contributed by atoms with van der Waals surface area (Å²) in [6.07, 6.45) is 0.799. The predicted molar refractivity (Wildman–Crippen MR) is 105 cm³/mol. The third-order valence-corrected chi connectivity index (χ3v) is 5.96. The number of sulfonamides is 1. The second-order valence-corrected chi connectivity index (χ2v) is 7.86. The van der Waals surface area contributed by atoms with Crippen LogP contribution in [-0.4, -0.2) is 46.1 Å². The number of hydrogen-bond acceptors (Lipinski definition) is 4. The fraction of sp³-hybridized carbons (Fsp3) is 0.400. The summed E-state index contributed by atoms with van der Waals surface area (Å²) in [7, 11) is -2.00. The highest BCUT2D eigenvalue weighted by Crippen LogP contribution is 2.16. The second-order valence-electron chi connectivity index (χ2n) is 6.09. The molecule has 142 valence electrons. The molecule has 2 aromatic carbocycles. The largest absolute Gasteiger partial charge is 0.497 e. The van der Waals surface area contributed by atoms with Crippen molar-refractivity contribution in [2.75, 3.05) is 26.7 Å². The van der Waals surface area contributed by atoms with Crippen LogP contribution in [0, 0.1) is 0 Å². The van der Waals surface area contributed by atoms with Crippen LogP contribution in [0.2, 0.25) is 0 Å². The quantitative estimate of drug-likeness (QED) is 0.693. The van der Waals surface area contributed by atoms with Crippen molar-refractivity contribution in [1.29, 1.82) is 0 Å². The SMILES string of the molecule is CCN(CC)[C@H](CNS(=O)(=O)c1ccc(OC)cc1)Cc1ccccc1. The molecule has 0 aromatic heterocycles. The molecule has 0 amide bonds. The average molecular weight is 377 g/mol. The van der Waals surface area contributed by atoms with Crippen LogP contribution < -0.4 is 9.46 Å². The van der Waals surface area contributed by atoms with Crippen molar-refractivity contribution in [1.82, 2.24) is 9.62 Å². The van der Waals surface area contributed by atoms with Gasteiger partial charge in [-0.2, -0.15) is 0 Å². The number of nitrogens with zero attached hydrogens (tertiary/aromatic N) is 1. The molecule has 0 saturated heterocycles. The number of likely N-dealkylation sites (N-methyl/N-ethyl adjacent to an activating group) is 1. The minimum Gasteiger partial charge on any atom is -0.497 e. The van der Waals surface area contributed by atoms with E-state index in [-0.39, 0.29) is 10.9 Å². The summed E-state index contributed by atoms with van der Waals surface area (Å²) in [5.74, 6) is 0.633. The van der Waals surface area contributed by atoms with Crippen molar-refractivity contribution in [3.05, 3.63) is 60.2 Å². The predicted octanol–water partition coefficient (Wildman–Crippen LogP) is 2.93. The van der Waals surface area contributed by atoms with E-state index in [4.69, 9.17) is 4.74 Å². The zero-order chi connectivity index (χ0) is 19.0. The lowest BCUT2D eigenvalue weighted by atomic mass is 10.0. The van der Waals surface area contributed by atoms with E-state index in [0.29, 0.717) is 12.3 Å². The Balaban J connectivity index is 2.11. The summed E-state index contributed by atoms with van der Waals surface area (Å²) in [4.78, 5) is 2.53. The molecule has 1 atom stereocenters. The standard InChI is InChI=1S/C20H28N2O3S/c1-4-22(5-2)18(15-17-9-7-6-8-10-17)16-21-26(23,24)20-13-11-19(25-3)12-14-20/h6-14,18,21H,4-5,15-16H2,1-3H3/t18-/m0/s1. The van der Waals surface area contributed by atoms with Gasteiger partial charge in [0.15, 0.2) is 0 Å². The molecule has 6 heteroatoms. The zero-order valence-electron chi connectivity index (χ0n) is 15.7. The molecule has 0 unspecified atom stereocenters. The number of hydrogen-bond donors (Lipinski definition) is 1. The first-order chi connectivity index (χ1) is 12.5. The van der Waals surface area contributed by atoms with Crippen LogP contribution in [0.15, 0.2) is 59.5 Å². The molecular formula is C20H28N2O3S. The van der Waals surface area contributed by atoms with Gasteiger partial charge in [-0.25, -0.2) is 13.1 Å². The first kappa shape index (κ1) is 20.4. The summed E-state index contributed by atoms with van der Waals surface area (Å²) < 4.78 is 33.1. The van der Waals surface area contributed by atoms with Gasteiger partial charge < -0.3 is 4.74 Å². The second kappa shape index (κ2) is 9.71. The van der Waals surface area contributed by atoms with Gasteiger partial charge in [-0.05, 0) is 49.3 Å². The minimum absolute atomic E-state index is 0.0976. The van der Waals surface area contributed by atoms with Crippen LogP contribution in [0.5, 0.6) is 5.75 Å². The minimum atomic E-state index is -3.55. The molecule has 0 radical (unpaired) electrons. The van der Waals surface area contributed by atoms with Gasteiger partial charge in [0.1, 0.15) is 5.75 Å². The van der Waals surface area contributed by atoms with Gasteiger partial charge in [-0.15, -0.1) is 0 Å². The van der Waals surface area contributed by atoms with E-state index in [0.717, 1.165) is 19.5 Å². The monoisotopic (exact) mass is 376 g/mol. The smallest absolute Gasteiger partial charge is 0.240 e. The molecule has 2 rings (SSSR count). The fourth-order valence-corrected chi connectivity index (χ4v) is 4.07. The molecule has 0 aliphatic rings. The third-order valence-electron chi connectivity index (χ3n) is 4.52. The highest BCUT2D eigenvalue weighted by atomic mass is 32.2. The van der Waals surface area contributed by atoms with Gasteiger partial charge in [0.05, 0.1) is 12.0 Å². The normalized spacial score (nSPS) is 12.9. The first-order valence-corrected chi connectivity index (χ1v) is 10.4. The summed E-state index contributed by atoms with van der Waals surface area (Å²) >= 11 is 0. The summed E-state index contributed by atoms with van der Waals surface area (Å²) in [6.45, 7) is 6.31. The Morgan fingerprint density at radius 2 is 1.62 bits per heavy atom. The van der Waals surface area contributed by atoms with Crippen molar-refractivity contribution < 1.29 is 13.2 Å². The Morgan fingerprint density at radius 1 is 1.00 bits per heavy atom. The van der Waals surface area contributed by atoms with Crippen molar-refractivity contribution >= 4 is 10.0 Å². The van der Waals surface area contributed by atoms with Gasteiger partial charge in [0, 0.05) is 12.6 Å². The third kappa shape index (κ3) is 5.56. The molecular weight excluding hydrogens is 348 g/mol. The lowest BCUT2D eigenvalue weighted by Crippen LogP contribution is -2.45.